The van der Waals surface area contributed by atoms with Crippen LogP contribution in [0.25, 0.3) is 0 Å². The highest BCUT2D eigenvalue weighted by Crippen LogP contribution is 2.34. The van der Waals surface area contributed by atoms with Gasteiger partial charge in [0.25, 0.3) is 0 Å². The lowest BCUT2D eigenvalue weighted by Crippen LogP contribution is -2.37. The van der Waals surface area contributed by atoms with Gasteiger partial charge in [-0.15, -0.1) is 0 Å². The van der Waals surface area contributed by atoms with Crippen LogP contribution < -0.4 is 24.8 Å². The molecule has 0 aromatic heterocycles. The number of rotatable bonds is 8. The zero-order valence-electron chi connectivity index (χ0n) is 15.8. The van der Waals surface area contributed by atoms with Gasteiger partial charge in [-0.2, -0.15) is 0 Å². The molecule has 0 bridgehead atoms. The first-order chi connectivity index (χ1) is 12.7. The Labute approximate surface area is 155 Å². The molecule has 0 saturated heterocycles. The summed E-state index contributed by atoms with van der Waals surface area (Å²) >= 11 is 0. The Balaban J connectivity index is 1.95. The van der Waals surface area contributed by atoms with E-state index in [-0.39, 0.29) is 0 Å². The van der Waals surface area contributed by atoms with Crippen LogP contribution in [0.4, 0.5) is 0 Å². The van der Waals surface area contributed by atoms with E-state index in [1.165, 1.54) is 5.56 Å². The highest BCUT2D eigenvalue weighted by Gasteiger charge is 2.13. The largest absolute Gasteiger partial charge is 0.496 e. The van der Waals surface area contributed by atoms with Gasteiger partial charge in [0.05, 0.1) is 21.3 Å². The molecule has 0 saturated carbocycles. The van der Waals surface area contributed by atoms with E-state index in [2.05, 4.69) is 27.8 Å². The number of methoxy groups -OCH3 is 3. The molecule has 6 nitrogen and oxygen atoms in total. The van der Waals surface area contributed by atoms with Gasteiger partial charge in [-0.25, -0.2) is 0 Å². The highest BCUT2D eigenvalue weighted by molar-refractivity contribution is 5.79. The van der Waals surface area contributed by atoms with Crippen LogP contribution in [-0.2, 0) is 13.0 Å². The second kappa shape index (κ2) is 10.2. The fraction of sp³-hybridized carbons (Fsp3) is 0.350. The molecule has 2 N–H and O–H groups in total. The predicted molar refractivity (Wildman–Crippen MR) is 104 cm³/mol. The Morgan fingerprint density at radius 2 is 1.58 bits per heavy atom. The zero-order valence-corrected chi connectivity index (χ0v) is 15.8. The Hall–Kier alpha value is -2.89. The molecule has 140 valence electrons. The lowest BCUT2D eigenvalue weighted by atomic mass is 10.1. The monoisotopic (exact) mass is 357 g/mol. The summed E-state index contributed by atoms with van der Waals surface area (Å²) in [6.07, 6.45) is 0.725. The lowest BCUT2D eigenvalue weighted by molar-refractivity contribution is 0.368. The smallest absolute Gasteiger partial charge is 0.191 e. The van der Waals surface area contributed by atoms with Crippen LogP contribution in [0.5, 0.6) is 17.2 Å². The topological polar surface area (TPSA) is 64.1 Å². The first-order valence-electron chi connectivity index (χ1n) is 8.49. The minimum atomic E-state index is 0.688. The number of aliphatic imine (C=N–C) groups is 1. The molecule has 0 atom stereocenters. The molecule has 6 heteroatoms. The van der Waals surface area contributed by atoms with Gasteiger partial charge in [-0.05, 0) is 12.0 Å². The van der Waals surface area contributed by atoms with E-state index in [9.17, 15) is 0 Å². The van der Waals surface area contributed by atoms with E-state index in [1.807, 2.05) is 30.3 Å². The molecule has 0 aliphatic carbocycles. The molecule has 0 fully saturated rings. The van der Waals surface area contributed by atoms with Crippen molar-refractivity contribution >= 4 is 5.96 Å². The molecule has 0 heterocycles. The summed E-state index contributed by atoms with van der Waals surface area (Å²) in [6, 6.07) is 13.9. The average molecular weight is 357 g/mol. The van der Waals surface area contributed by atoms with Gasteiger partial charge >= 0.3 is 0 Å². The normalized spacial score (nSPS) is 11.0. The maximum Gasteiger partial charge on any atom is 0.191 e. The Morgan fingerprint density at radius 1 is 0.923 bits per heavy atom. The molecule has 2 aromatic carbocycles. The number of nitrogens with one attached hydrogen (secondary N) is 2. The Morgan fingerprint density at radius 3 is 2.12 bits per heavy atom. The van der Waals surface area contributed by atoms with Crippen molar-refractivity contribution in [1.29, 1.82) is 0 Å². The van der Waals surface area contributed by atoms with E-state index in [4.69, 9.17) is 14.2 Å². The van der Waals surface area contributed by atoms with E-state index in [0.29, 0.717) is 12.3 Å². The fourth-order valence-corrected chi connectivity index (χ4v) is 2.63. The molecular weight excluding hydrogens is 330 g/mol. The molecule has 0 unspecified atom stereocenters. The summed E-state index contributed by atoms with van der Waals surface area (Å²) in [7, 11) is 6.67. The van der Waals surface area contributed by atoms with Crippen molar-refractivity contribution in [2.45, 2.75) is 13.0 Å². The molecule has 0 aliphatic rings. The third kappa shape index (κ3) is 5.31. The van der Waals surface area contributed by atoms with Crippen LogP contribution in [0.1, 0.15) is 11.1 Å². The minimum absolute atomic E-state index is 0.688. The fourth-order valence-electron chi connectivity index (χ4n) is 2.63. The van der Waals surface area contributed by atoms with Crippen molar-refractivity contribution in [3.8, 4) is 17.2 Å². The van der Waals surface area contributed by atoms with E-state index < -0.39 is 0 Å². The maximum absolute atomic E-state index is 5.49. The van der Waals surface area contributed by atoms with Crippen LogP contribution in [0.15, 0.2) is 47.5 Å². The number of benzene rings is 2. The number of hydrogen-bond acceptors (Lipinski definition) is 4. The van der Waals surface area contributed by atoms with Gasteiger partial charge in [-0.3, -0.25) is 4.99 Å². The van der Waals surface area contributed by atoms with Crippen molar-refractivity contribution in [3.05, 3.63) is 53.6 Å². The van der Waals surface area contributed by atoms with Crippen molar-refractivity contribution in [3.63, 3.8) is 0 Å². The first kappa shape index (κ1) is 19.4. The van der Waals surface area contributed by atoms with E-state index >= 15 is 0 Å². The van der Waals surface area contributed by atoms with Gasteiger partial charge < -0.3 is 24.8 Å². The summed E-state index contributed by atoms with van der Waals surface area (Å²) in [5.41, 5.74) is 2.19. The summed E-state index contributed by atoms with van der Waals surface area (Å²) < 4.78 is 16.3. The maximum atomic E-state index is 5.49. The average Bonchev–Trinajstić information content (AvgIpc) is 2.70. The van der Waals surface area contributed by atoms with Gasteiger partial charge in [-0.1, -0.05) is 30.3 Å². The standard InChI is InChI=1S/C20H27N3O3/c1-21-20(23-14-15-8-6-5-7-9-15)22-11-10-17-18(25-3)12-16(24-2)13-19(17)26-4/h5-9,12-13H,10-11,14H2,1-4H3,(H2,21,22,23). The highest BCUT2D eigenvalue weighted by atomic mass is 16.5. The van der Waals surface area contributed by atoms with Gasteiger partial charge in [0.15, 0.2) is 5.96 Å². The van der Waals surface area contributed by atoms with E-state index in [1.54, 1.807) is 28.4 Å². The number of ether oxygens (including phenoxy) is 3. The molecule has 26 heavy (non-hydrogen) atoms. The van der Waals surface area contributed by atoms with Crippen LogP contribution in [0.2, 0.25) is 0 Å². The summed E-state index contributed by atoms with van der Waals surface area (Å²) in [5.74, 6) is 2.95. The first-order valence-corrected chi connectivity index (χ1v) is 8.49. The van der Waals surface area contributed by atoms with Crippen molar-refractivity contribution in [1.82, 2.24) is 10.6 Å². The second-order valence-electron chi connectivity index (χ2n) is 5.60. The van der Waals surface area contributed by atoms with E-state index in [0.717, 1.165) is 36.0 Å². The third-order valence-electron chi connectivity index (χ3n) is 4.01. The minimum Gasteiger partial charge on any atom is -0.496 e. The second-order valence-corrected chi connectivity index (χ2v) is 5.60. The summed E-state index contributed by atoms with van der Waals surface area (Å²) in [5, 5.41) is 6.62. The van der Waals surface area contributed by atoms with Crippen molar-refractivity contribution < 1.29 is 14.2 Å². The third-order valence-corrected chi connectivity index (χ3v) is 4.01. The zero-order chi connectivity index (χ0) is 18.8. The SMILES string of the molecule is CN=C(NCCc1c(OC)cc(OC)cc1OC)NCc1ccccc1. The molecule has 0 amide bonds. The van der Waals surface area contributed by atoms with Crippen LogP contribution in [0.3, 0.4) is 0 Å². The molecule has 0 aliphatic heterocycles. The van der Waals surface area contributed by atoms with Crippen LogP contribution in [0, 0.1) is 0 Å². The summed E-state index contributed by atoms with van der Waals surface area (Å²) in [4.78, 5) is 4.26. The molecule has 0 radical (unpaired) electrons. The Bertz CT molecular complexity index is 692. The van der Waals surface area contributed by atoms with Gasteiger partial charge in [0, 0.05) is 37.8 Å². The lowest BCUT2D eigenvalue weighted by Gasteiger charge is -2.16. The number of nitrogens with zero attached hydrogens (tertiary/aromatic N) is 1. The van der Waals surface area contributed by atoms with Gasteiger partial charge in [0.2, 0.25) is 0 Å². The molecule has 2 aromatic rings. The number of guanidine groups is 1. The van der Waals surface area contributed by atoms with Crippen LogP contribution >= 0.6 is 0 Å². The quantitative estimate of drug-likeness (QED) is 0.562. The molecular formula is C20H27N3O3. The van der Waals surface area contributed by atoms with Gasteiger partial charge in [0.1, 0.15) is 17.2 Å². The predicted octanol–water partition coefficient (Wildman–Crippen LogP) is 2.62. The van der Waals surface area contributed by atoms with Crippen molar-refractivity contribution in [2.24, 2.45) is 4.99 Å². The molecule has 0 spiro atoms. The number of hydrogen-bond donors (Lipinski definition) is 2. The van der Waals surface area contributed by atoms with Crippen LogP contribution in [-0.4, -0.2) is 40.9 Å². The van der Waals surface area contributed by atoms with Crippen molar-refractivity contribution in [2.75, 3.05) is 34.9 Å². The Kier molecular flexibility index (Phi) is 7.61. The molecule has 2 rings (SSSR count). The summed E-state index contributed by atoms with van der Waals surface area (Å²) in [6.45, 7) is 1.41.